The number of ether oxygens (including phenoxy) is 1. The Morgan fingerprint density at radius 1 is 1.12 bits per heavy atom. The molecule has 0 aliphatic carbocycles. The fraction of sp³-hybridized carbons (Fsp3) is 0.412. The quantitative estimate of drug-likeness (QED) is 0.633. The molecule has 1 aromatic carbocycles. The van der Waals surface area contributed by atoms with Gasteiger partial charge in [-0.1, -0.05) is 44.2 Å². The molecule has 136 valence electrons. The SMILES string of the molecule is CC(=O)N[C@@H](CC(=O)O[C@H](C(=O)NC(N)=O)C(C)C)c1ccccc1. The van der Waals surface area contributed by atoms with E-state index >= 15 is 0 Å². The highest BCUT2D eigenvalue weighted by Crippen LogP contribution is 2.18. The minimum atomic E-state index is -1.16. The Morgan fingerprint density at radius 2 is 1.72 bits per heavy atom. The number of nitrogens with one attached hydrogen (secondary N) is 2. The van der Waals surface area contributed by atoms with Crippen LogP contribution >= 0.6 is 0 Å². The molecule has 0 fully saturated rings. The Hall–Kier alpha value is -2.90. The van der Waals surface area contributed by atoms with Gasteiger partial charge in [0.1, 0.15) is 0 Å². The van der Waals surface area contributed by atoms with Gasteiger partial charge in [-0.2, -0.15) is 0 Å². The second-order valence-electron chi connectivity index (χ2n) is 5.88. The molecule has 0 radical (unpaired) electrons. The summed E-state index contributed by atoms with van der Waals surface area (Å²) in [5, 5.41) is 4.58. The summed E-state index contributed by atoms with van der Waals surface area (Å²) in [6, 6.07) is 7.32. The highest BCUT2D eigenvalue weighted by molar-refractivity contribution is 5.96. The predicted molar refractivity (Wildman–Crippen MR) is 90.1 cm³/mol. The van der Waals surface area contributed by atoms with E-state index in [0.717, 1.165) is 5.56 Å². The molecule has 0 aliphatic heterocycles. The van der Waals surface area contributed by atoms with Gasteiger partial charge in [-0.25, -0.2) is 4.79 Å². The molecule has 2 atom stereocenters. The number of hydrogen-bond donors (Lipinski definition) is 3. The molecule has 0 saturated carbocycles. The molecule has 0 unspecified atom stereocenters. The van der Waals surface area contributed by atoms with Crippen molar-refractivity contribution in [3.05, 3.63) is 35.9 Å². The highest BCUT2D eigenvalue weighted by Gasteiger charge is 2.28. The number of benzene rings is 1. The average Bonchev–Trinajstić information content (AvgIpc) is 2.51. The Balaban J connectivity index is 2.83. The fourth-order valence-corrected chi connectivity index (χ4v) is 2.22. The number of esters is 1. The lowest BCUT2D eigenvalue weighted by Crippen LogP contribution is -2.45. The summed E-state index contributed by atoms with van der Waals surface area (Å²) < 4.78 is 5.20. The number of carbonyl (C=O) groups excluding carboxylic acids is 4. The van der Waals surface area contributed by atoms with Crippen LogP contribution in [0.5, 0.6) is 0 Å². The largest absolute Gasteiger partial charge is 0.452 e. The number of nitrogens with two attached hydrogens (primary N) is 1. The Bertz CT molecular complexity index is 630. The number of amides is 4. The van der Waals surface area contributed by atoms with Crippen LogP contribution in [0.2, 0.25) is 0 Å². The van der Waals surface area contributed by atoms with Crippen molar-refractivity contribution in [2.45, 2.75) is 39.3 Å². The van der Waals surface area contributed by atoms with Crippen LogP contribution in [0.15, 0.2) is 30.3 Å². The lowest BCUT2D eigenvalue weighted by Gasteiger charge is -2.22. The number of carbonyl (C=O) groups is 4. The van der Waals surface area contributed by atoms with Crippen molar-refractivity contribution < 1.29 is 23.9 Å². The molecule has 1 aromatic rings. The summed E-state index contributed by atoms with van der Waals surface area (Å²) in [4.78, 5) is 46.3. The van der Waals surface area contributed by atoms with E-state index in [1.807, 2.05) is 11.4 Å². The van der Waals surface area contributed by atoms with E-state index in [9.17, 15) is 19.2 Å². The second kappa shape index (κ2) is 9.41. The van der Waals surface area contributed by atoms with Crippen molar-refractivity contribution >= 4 is 23.8 Å². The van der Waals surface area contributed by atoms with E-state index in [0.29, 0.717) is 0 Å². The van der Waals surface area contributed by atoms with Crippen molar-refractivity contribution in [2.75, 3.05) is 0 Å². The predicted octanol–water partition coefficient (Wildman–Crippen LogP) is 1.02. The first-order valence-corrected chi connectivity index (χ1v) is 7.82. The molecule has 4 N–H and O–H groups in total. The molecule has 0 saturated heterocycles. The van der Waals surface area contributed by atoms with Crippen molar-refractivity contribution in [2.24, 2.45) is 11.7 Å². The van der Waals surface area contributed by atoms with Gasteiger partial charge in [-0.15, -0.1) is 0 Å². The Kier molecular flexibility index (Phi) is 7.58. The molecule has 0 aromatic heterocycles. The van der Waals surface area contributed by atoms with Crippen LogP contribution in [0.1, 0.15) is 38.8 Å². The summed E-state index contributed by atoms with van der Waals surface area (Å²) in [5.41, 5.74) is 5.65. The summed E-state index contributed by atoms with van der Waals surface area (Å²) in [7, 11) is 0. The van der Waals surface area contributed by atoms with Crippen molar-refractivity contribution in [1.82, 2.24) is 10.6 Å². The van der Waals surface area contributed by atoms with Crippen LogP contribution in [-0.2, 0) is 19.1 Å². The monoisotopic (exact) mass is 349 g/mol. The first-order chi connectivity index (χ1) is 11.7. The lowest BCUT2D eigenvalue weighted by molar-refractivity contribution is -0.158. The maximum absolute atomic E-state index is 12.2. The molecular formula is C17H23N3O5. The maximum Gasteiger partial charge on any atom is 0.318 e. The molecule has 8 heteroatoms. The number of hydrogen-bond acceptors (Lipinski definition) is 5. The summed E-state index contributed by atoms with van der Waals surface area (Å²) in [6.07, 6.45) is -1.31. The zero-order chi connectivity index (χ0) is 19.0. The minimum absolute atomic E-state index is 0.156. The van der Waals surface area contributed by atoms with Crippen molar-refractivity contribution in [3.63, 3.8) is 0 Å². The van der Waals surface area contributed by atoms with Crippen LogP contribution in [0.4, 0.5) is 4.79 Å². The third kappa shape index (κ3) is 7.03. The third-order valence-corrected chi connectivity index (χ3v) is 3.32. The smallest absolute Gasteiger partial charge is 0.318 e. The molecule has 0 spiro atoms. The molecule has 0 bridgehead atoms. The van der Waals surface area contributed by atoms with Crippen LogP contribution in [0, 0.1) is 5.92 Å². The highest BCUT2D eigenvalue weighted by atomic mass is 16.5. The number of imide groups is 1. The van der Waals surface area contributed by atoms with E-state index < -0.39 is 30.1 Å². The fourth-order valence-electron chi connectivity index (χ4n) is 2.22. The summed E-state index contributed by atoms with van der Waals surface area (Å²) >= 11 is 0. The lowest BCUT2D eigenvalue weighted by atomic mass is 10.0. The Morgan fingerprint density at radius 3 is 2.20 bits per heavy atom. The van der Waals surface area contributed by atoms with Gasteiger partial charge >= 0.3 is 12.0 Å². The van der Waals surface area contributed by atoms with Gasteiger partial charge in [0.2, 0.25) is 5.91 Å². The number of urea groups is 1. The minimum Gasteiger partial charge on any atom is -0.452 e. The summed E-state index contributed by atoms with van der Waals surface area (Å²) in [5.74, 6) is -2.12. The van der Waals surface area contributed by atoms with E-state index in [2.05, 4.69) is 5.32 Å². The van der Waals surface area contributed by atoms with Crippen LogP contribution < -0.4 is 16.4 Å². The van der Waals surface area contributed by atoms with Crippen LogP contribution in [-0.4, -0.2) is 29.9 Å². The standard InChI is InChI=1S/C17H23N3O5/c1-10(2)15(16(23)20-17(18)24)25-14(22)9-13(19-11(3)21)12-7-5-4-6-8-12/h4-8,10,13,15H,9H2,1-3H3,(H,19,21)(H3,18,20,23,24)/t13-,15-/m0/s1. The summed E-state index contributed by atoms with van der Waals surface area (Å²) in [6.45, 7) is 4.68. The molecular weight excluding hydrogens is 326 g/mol. The zero-order valence-electron chi connectivity index (χ0n) is 14.4. The van der Waals surface area contributed by atoms with Crippen LogP contribution in [0.25, 0.3) is 0 Å². The zero-order valence-corrected chi connectivity index (χ0v) is 14.4. The van der Waals surface area contributed by atoms with Gasteiger partial charge < -0.3 is 15.8 Å². The van der Waals surface area contributed by atoms with Crippen molar-refractivity contribution in [3.8, 4) is 0 Å². The first kappa shape index (κ1) is 20.1. The average molecular weight is 349 g/mol. The number of primary amides is 1. The van der Waals surface area contributed by atoms with E-state index in [1.165, 1.54) is 6.92 Å². The first-order valence-electron chi connectivity index (χ1n) is 7.82. The van der Waals surface area contributed by atoms with E-state index in [-0.39, 0.29) is 18.2 Å². The van der Waals surface area contributed by atoms with Gasteiger partial charge in [-0.3, -0.25) is 19.7 Å². The van der Waals surface area contributed by atoms with Gasteiger partial charge in [0.05, 0.1) is 12.5 Å². The molecule has 1 rings (SSSR count). The van der Waals surface area contributed by atoms with Gasteiger partial charge in [-0.05, 0) is 11.5 Å². The third-order valence-electron chi connectivity index (χ3n) is 3.32. The van der Waals surface area contributed by atoms with E-state index in [1.54, 1.807) is 38.1 Å². The maximum atomic E-state index is 12.2. The second-order valence-corrected chi connectivity index (χ2v) is 5.88. The van der Waals surface area contributed by atoms with Gasteiger partial charge in [0.15, 0.2) is 6.10 Å². The van der Waals surface area contributed by atoms with Gasteiger partial charge in [0, 0.05) is 6.92 Å². The number of rotatable bonds is 7. The Labute approximate surface area is 146 Å². The normalized spacial score (nSPS) is 12.8. The topological polar surface area (TPSA) is 128 Å². The van der Waals surface area contributed by atoms with Crippen LogP contribution in [0.3, 0.4) is 0 Å². The van der Waals surface area contributed by atoms with Gasteiger partial charge in [0.25, 0.3) is 5.91 Å². The molecule has 0 heterocycles. The van der Waals surface area contributed by atoms with E-state index in [4.69, 9.17) is 10.5 Å². The van der Waals surface area contributed by atoms with Crippen molar-refractivity contribution in [1.29, 1.82) is 0 Å². The molecule has 0 aliphatic rings. The molecule has 4 amide bonds. The molecule has 25 heavy (non-hydrogen) atoms. The molecule has 8 nitrogen and oxygen atoms in total.